The van der Waals surface area contributed by atoms with Crippen molar-refractivity contribution in [2.75, 3.05) is 19.4 Å². The van der Waals surface area contributed by atoms with Gasteiger partial charge in [-0.25, -0.2) is 0 Å². The maximum absolute atomic E-state index is 12.8. The van der Waals surface area contributed by atoms with Crippen LogP contribution in [-0.4, -0.2) is 30.5 Å². The minimum Gasteiger partial charge on any atom is -0.497 e. The van der Waals surface area contributed by atoms with E-state index in [1.165, 1.54) is 12.8 Å². The van der Waals surface area contributed by atoms with E-state index in [0.717, 1.165) is 25.8 Å². The van der Waals surface area contributed by atoms with Crippen molar-refractivity contribution in [1.29, 1.82) is 0 Å². The molecule has 4 nitrogen and oxygen atoms in total. The molecule has 110 valence electrons. The van der Waals surface area contributed by atoms with Gasteiger partial charge >= 0.3 is 0 Å². The first-order chi connectivity index (χ1) is 9.65. The molecule has 2 rings (SSSR count). The molecule has 0 bridgehead atoms. The predicted molar refractivity (Wildman–Crippen MR) is 81.0 cm³/mol. The Balaban J connectivity index is 2.26. The van der Waals surface area contributed by atoms with Gasteiger partial charge in [-0.05, 0) is 31.4 Å². The summed E-state index contributed by atoms with van der Waals surface area (Å²) in [6, 6.07) is 5.59. The molecule has 1 aromatic carbocycles. The first-order valence-corrected chi connectivity index (χ1v) is 7.41. The molecule has 0 aromatic heterocycles. The van der Waals surface area contributed by atoms with Crippen molar-refractivity contribution in [2.24, 2.45) is 0 Å². The van der Waals surface area contributed by atoms with Gasteiger partial charge in [0.15, 0.2) is 0 Å². The summed E-state index contributed by atoms with van der Waals surface area (Å²) >= 11 is 0. The number of nitrogens with two attached hydrogens (primary N) is 1. The number of likely N-dealkylation sites (tertiary alicyclic amines) is 1. The first-order valence-electron chi connectivity index (χ1n) is 7.41. The third-order valence-corrected chi connectivity index (χ3v) is 4.02. The summed E-state index contributed by atoms with van der Waals surface area (Å²) < 4.78 is 5.20. The third kappa shape index (κ3) is 3.24. The lowest BCUT2D eigenvalue weighted by atomic mass is 10.1. The van der Waals surface area contributed by atoms with Gasteiger partial charge in [-0.3, -0.25) is 4.79 Å². The fourth-order valence-electron chi connectivity index (χ4n) is 2.90. The van der Waals surface area contributed by atoms with Gasteiger partial charge in [0.2, 0.25) is 0 Å². The Morgan fingerprint density at radius 1 is 1.35 bits per heavy atom. The molecule has 1 heterocycles. The minimum atomic E-state index is 0.0735. The molecule has 0 aliphatic carbocycles. The van der Waals surface area contributed by atoms with Gasteiger partial charge in [0.05, 0.1) is 7.11 Å². The molecule has 0 radical (unpaired) electrons. The van der Waals surface area contributed by atoms with Crippen LogP contribution in [0, 0.1) is 0 Å². The molecule has 0 spiro atoms. The number of hydrogen-bond donors (Lipinski definition) is 1. The SMILES string of the molecule is CCC1CCCCCN1C(=O)c1cc(N)cc(OC)c1. The molecule has 20 heavy (non-hydrogen) atoms. The Labute approximate surface area is 120 Å². The molecule has 4 heteroatoms. The van der Waals surface area contributed by atoms with Crippen LogP contribution in [0.2, 0.25) is 0 Å². The fraction of sp³-hybridized carbons (Fsp3) is 0.562. The van der Waals surface area contributed by atoms with E-state index in [1.807, 2.05) is 4.90 Å². The smallest absolute Gasteiger partial charge is 0.254 e. The average molecular weight is 276 g/mol. The normalized spacial score (nSPS) is 19.5. The Kier molecular flexibility index (Phi) is 4.88. The number of anilines is 1. The molecule has 1 aliphatic rings. The molecule has 1 aliphatic heterocycles. The quantitative estimate of drug-likeness (QED) is 0.863. The van der Waals surface area contributed by atoms with Gasteiger partial charge in [-0.15, -0.1) is 0 Å². The van der Waals surface area contributed by atoms with Crippen molar-refractivity contribution >= 4 is 11.6 Å². The molecule has 1 unspecified atom stereocenters. The second kappa shape index (κ2) is 6.64. The standard InChI is InChI=1S/C16H24N2O2/c1-3-14-7-5-4-6-8-18(14)16(19)12-9-13(17)11-15(10-12)20-2/h9-11,14H,3-8,17H2,1-2H3. The lowest BCUT2D eigenvalue weighted by Crippen LogP contribution is -2.39. The number of amides is 1. The van der Waals surface area contributed by atoms with E-state index in [1.54, 1.807) is 25.3 Å². The van der Waals surface area contributed by atoms with Crippen LogP contribution in [0.3, 0.4) is 0 Å². The zero-order chi connectivity index (χ0) is 14.5. The molecule has 2 N–H and O–H groups in total. The van der Waals surface area contributed by atoms with E-state index in [0.29, 0.717) is 23.0 Å². The van der Waals surface area contributed by atoms with E-state index in [-0.39, 0.29) is 5.91 Å². The van der Waals surface area contributed by atoms with Crippen LogP contribution in [0.5, 0.6) is 5.75 Å². The number of nitrogen functional groups attached to an aromatic ring is 1. The van der Waals surface area contributed by atoms with Gasteiger partial charge in [0.1, 0.15) is 5.75 Å². The Morgan fingerprint density at radius 2 is 2.15 bits per heavy atom. The monoisotopic (exact) mass is 276 g/mol. The highest BCUT2D eigenvalue weighted by atomic mass is 16.5. The number of ether oxygens (including phenoxy) is 1. The number of methoxy groups -OCH3 is 1. The van der Waals surface area contributed by atoms with Crippen molar-refractivity contribution in [2.45, 2.75) is 45.1 Å². The maximum Gasteiger partial charge on any atom is 0.254 e. The van der Waals surface area contributed by atoms with Crippen LogP contribution in [0.1, 0.15) is 49.4 Å². The molecule has 1 saturated heterocycles. The summed E-state index contributed by atoms with van der Waals surface area (Å²) in [6.07, 6.45) is 5.61. The highest BCUT2D eigenvalue weighted by Gasteiger charge is 2.25. The average Bonchev–Trinajstić information content (AvgIpc) is 2.70. The Bertz CT molecular complexity index is 474. The van der Waals surface area contributed by atoms with E-state index in [9.17, 15) is 4.79 Å². The van der Waals surface area contributed by atoms with Gasteiger partial charge in [0, 0.05) is 29.9 Å². The van der Waals surface area contributed by atoms with Crippen molar-refractivity contribution in [3.63, 3.8) is 0 Å². The largest absolute Gasteiger partial charge is 0.497 e. The second-order valence-electron chi connectivity index (χ2n) is 5.40. The number of carbonyl (C=O) groups excluding carboxylic acids is 1. The summed E-state index contributed by atoms with van der Waals surface area (Å²) in [5.74, 6) is 0.709. The molecule has 1 aromatic rings. The van der Waals surface area contributed by atoms with E-state index in [4.69, 9.17) is 10.5 Å². The summed E-state index contributed by atoms with van der Waals surface area (Å²) in [4.78, 5) is 14.8. The Hall–Kier alpha value is -1.71. The molecular formula is C16H24N2O2. The summed E-state index contributed by atoms with van der Waals surface area (Å²) in [7, 11) is 1.59. The van der Waals surface area contributed by atoms with Gasteiger partial charge in [0.25, 0.3) is 5.91 Å². The van der Waals surface area contributed by atoms with Gasteiger partial charge < -0.3 is 15.4 Å². The molecular weight excluding hydrogens is 252 g/mol. The highest BCUT2D eigenvalue weighted by molar-refractivity contribution is 5.95. The number of hydrogen-bond acceptors (Lipinski definition) is 3. The zero-order valence-electron chi connectivity index (χ0n) is 12.4. The summed E-state index contributed by atoms with van der Waals surface area (Å²) in [6.45, 7) is 2.99. The first kappa shape index (κ1) is 14.7. The van der Waals surface area contributed by atoms with E-state index in [2.05, 4.69) is 6.92 Å². The van der Waals surface area contributed by atoms with Crippen LogP contribution in [0.4, 0.5) is 5.69 Å². The molecule has 0 saturated carbocycles. The van der Waals surface area contributed by atoms with E-state index >= 15 is 0 Å². The lowest BCUT2D eigenvalue weighted by Gasteiger charge is -2.29. The van der Waals surface area contributed by atoms with Crippen LogP contribution in [-0.2, 0) is 0 Å². The lowest BCUT2D eigenvalue weighted by molar-refractivity contribution is 0.0678. The van der Waals surface area contributed by atoms with Crippen LogP contribution >= 0.6 is 0 Å². The summed E-state index contributed by atoms with van der Waals surface area (Å²) in [5, 5.41) is 0. The van der Waals surface area contributed by atoms with Crippen molar-refractivity contribution < 1.29 is 9.53 Å². The molecule has 1 amide bonds. The Morgan fingerprint density at radius 3 is 2.85 bits per heavy atom. The highest BCUT2D eigenvalue weighted by Crippen LogP contribution is 2.24. The molecule has 1 atom stereocenters. The number of benzene rings is 1. The second-order valence-corrected chi connectivity index (χ2v) is 5.40. The number of nitrogens with zero attached hydrogens (tertiary/aromatic N) is 1. The van der Waals surface area contributed by atoms with Crippen molar-refractivity contribution in [3.8, 4) is 5.75 Å². The minimum absolute atomic E-state index is 0.0735. The number of rotatable bonds is 3. The van der Waals surface area contributed by atoms with Crippen LogP contribution < -0.4 is 10.5 Å². The zero-order valence-corrected chi connectivity index (χ0v) is 12.4. The predicted octanol–water partition coefficient (Wildman–Crippen LogP) is 3.07. The maximum atomic E-state index is 12.8. The van der Waals surface area contributed by atoms with Crippen molar-refractivity contribution in [3.05, 3.63) is 23.8 Å². The summed E-state index contributed by atoms with van der Waals surface area (Å²) in [5.41, 5.74) is 7.04. The van der Waals surface area contributed by atoms with Crippen LogP contribution in [0.15, 0.2) is 18.2 Å². The van der Waals surface area contributed by atoms with Crippen molar-refractivity contribution in [1.82, 2.24) is 4.90 Å². The third-order valence-electron chi connectivity index (χ3n) is 4.02. The van der Waals surface area contributed by atoms with E-state index < -0.39 is 0 Å². The topological polar surface area (TPSA) is 55.6 Å². The van der Waals surface area contributed by atoms with Gasteiger partial charge in [-0.2, -0.15) is 0 Å². The van der Waals surface area contributed by atoms with Crippen LogP contribution in [0.25, 0.3) is 0 Å². The number of carbonyl (C=O) groups is 1. The fourth-order valence-corrected chi connectivity index (χ4v) is 2.90. The molecule has 1 fully saturated rings. The van der Waals surface area contributed by atoms with Gasteiger partial charge in [-0.1, -0.05) is 19.8 Å².